The first-order valence-electron chi connectivity index (χ1n) is 4.64. The topological polar surface area (TPSA) is 71.8 Å². The smallest absolute Gasteiger partial charge is 0.143 e. The summed E-state index contributed by atoms with van der Waals surface area (Å²) >= 11 is 0. The summed E-state index contributed by atoms with van der Waals surface area (Å²) in [5.41, 5.74) is 8.36. The summed E-state index contributed by atoms with van der Waals surface area (Å²) in [4.78, 5) is 0. The predicted molar refractivity (Wildman–Crippen MR) is 58.1 cm³/mol. The minimum Gasteiger partial charge on any atom is -0.464 e. The summed E-state index contributed by atoms with van der Waals surface area (Å²) in [5, 5.41) is 12.5. The Hall–Kier alpha value is -1.97. The van der Waals surface area contributed by atoms with Crippen molar-refractivity contribution in [3.63, 3.8) is 0 Å². The third-order valence-corrected chi connectivity index (χ3v) is 2.31. The second-order valence-corrected chi connectivity index (χ2v) is 3.53. The maximum Gasteiger partial charge on any atom is 0.143 e. The van der Waals surface area contributed by atoms with Crippen LogP contribution in [0.2, 0.25) is 0 Å². The Morgan fingerprint density at radius 3 is 3.07 bits per heavy atom. The minimum absolute atomic E-state index is 0.180. The second kappa shape index (κ2) is 3.65. The van der Waals surface area contributed by atoms with Crippen LogP contribution in [0, 0.1) is 6.92 Å². The number of amidine groups is 1. The first kappa shape index (κ1) is 9.58. The van der Waals surface area contributed by atoms with Gasteiger partial charge in [-0.15, -0.1) is 0 Å². The lowest BCUT2D eigenvalue weighted by Gasteiger charge is -1.97. The van der Waals surface area contributed by atoms with E-state index in [1.807, 2.05) is 25.1 Å². The molecule has 0 radical (unpaired) electrons. The molecule has 4 nitrogen and oxygen atoms in total. The van der Waals surface area contributed by atoms with E-state index in [0.29, 0.717) is 6.42 Å². The zero-order valence-electron chi connectivity index (χ0n) is 8.40. The Morgan fingerprint density at radius 2 is 2.33 bits per heavy atom. The molecule has 2 rings (SSSR count). The average molecular weight is 204 g/mol. The molecule has 0 aliphatic rings. The Kier molecular flexibility index (Phi) is 2.33. The average Bonchev–Trinajstić information content (AvgIpc) is 2.61. The largest absolute Gasteiger partial charge is 0.464 e. The van der Waals surface area contributed by atoms with Crippen molar-refractivity contribution in [1.82, 2.24) is 0 Å². The van der Waals surface area contributed by atoms with Crippen LogP contribution in [-0.4, -0.2) is 11.0 Å². The number of aryl methyl sites for hydroxylation is 1. The van der Waals surface area contributed by atoms with Gasteiger partial charge in [0, 0.05) is 17.4 Å². The Morgan fingerprint density at radius 1 is 1.53 bits per heavy atom. The van der Waals surface area contributed by atoms with Crippen LogP contribution in [-0.2, 0) is 6.42 Å². The van der Waals surface area contributed by atoms with Gasteiger partial charge in [0.05, 0.1) is 6.26 Å². The molecule has 1 aromatic carbocycles. The number of fused-ring (bicyclic) bond motifs is 1. The van der Waals surface area contributed by atoms with E-state index in [4.69, 9.17) is 15.4 Å². The number of hydrogen-bond donors (Lipinski definition) is 2. The van der Waals surface area contributed by atoms with E-state index in [1.165, 1.54) is 0 Å². The maximum absolute atomic E-state index is 8.49. The highest BCUT2D eigenvalue weighted by Gasteiger charge is 2.07. The molecule has 15 heavy (non-hydrogen) atoms. The molecule has 0 spiro atoms. The fraction of sp³-hybridized carbons (Fsp3) is 0.182. The molecule has 0 saturated heterocycles. The molecule has 0 bridgehead atoms. The molecule has 0 aliphatic carbocycles. The Bertz CT molecular complexity index is 514. The summed E-state index contributed by atoms with van der Waals surface area (Å²) < 4.78 is 5.36. The number of rotatable bonds is 2. The van der Waals surface area contributed by atoms with Crippen LogP contribution in [0.1, 0.15) is 11.1 Å². The van der Waals surface area contributed by atoms with E-state index in [2.05, 4.69) is 5.16 Å². The SMILES string of the molecule is Cc1ccc2occ(C/C(N)=N/O)c2c1. The van der Waals surface area contributed by atoms with Gasteiger partial charge in [-0.1, -0.05) is 16.8 Å². The third-order valence-electron chi connectivity index (χ3n) is 2.31. The molecular formula is C11H12N2O2. The normalized spacial score (nSPS) is 12.2. The van der Waals surface area contributed by atoms with Gasteiger partial charge >= 0.3 is 0 Å². The molecule has 0 amide bonds. The van der Waals surface area contributed by atoms with E-state index in [-0.39, 0.29) is 5.84 Å². The van der Waals surface area contributed by atoms with Crippen molar-refractivity contribution in [1.29, 1.82) is 0 Å². The lowest BCUT2D eigenvalue weighted by Crippen LogP contribution is -2.14. The van der Waals surface area contributed by atoms with Gasteiger partial charge in [0.25, 0.3) is 0 Å². The molecule has 1 heterocycles. The van der Waals surface area contributed by atoms with Gasteiger partial charge in [-0.25, -0.2) is 0 Å². The molecular weight excluding hydrogens is 192 g/mol. The third kappa shape index (κ3) is 1.79. The first-order chi connectivity index (χ1) is 7.20. The summed E-state index contributed by atoms with van der Waals surface area (Å²) in [6, 6.07) is 5.93. The molecule has 0 unspecified atom stereocenters. The highest BCUT2D eigenvalue weighted by molar-refractivity contribution is 5.89. The van der Waals surface area contributed by atoms with E-state index in [9.17, 15) is 0 Å². The Labute approximate surface area is 87.0 Å². The number of furan rings is 1. The van der Waals surface area contributed by atoms with Crippen molar-refractivity contribution >= 4 is 16.8 Å². The van der Waals surface area contributed by atoms with Crippen molar-refractivity contribution in [2.75, 3.05) is 0 Å². The van der Waals surface area contributed by atoms with Crippen molar-refractivity contribution in [2.45, 2.75) is 13.3 Å². The number of oxime groups is 1. The molecule has 4 heteroatoms. The summed E-state index contributed by atoms with van der Waals surface area (Å²) in [6.45, 7) is 2.01. The lowest BCUT2D eigenvalue weighted by molar-refractivity contribution is 0.317. The van der Waals surface area contributed by atoms with Crippen LogP contribution < -0.4 is 5.73 Å². The highest BCUT2D eigenvalue weighted by Crippen LogP contribution is 2.22. The molecule has 78 valence electrons. The first-order valence-corrected chi connectivity index (χ1v) is 4.64. The summed E-state index contributed by atoms with van der Waals surface area (Å²) in [5.74, 6) is 0.180. The van der Waals surface area contributed by atoms with Crippen molar-refractivity contribution in [2.24, 2.45) is 10.9 Å². The van der Waals surface area contributed by atoms with Gasteiger partial charge in [0.15, 0.2) is 0 Å². The van der Waals surface area contributed by atoms with Crippen LogP contribution in [0.4, 0.5) is 0 Å². The summed E-state index contributed by atoms with van der Waals surface area (Å²) in [6.07, 6.45) is 2.04. The van der Waals surface area contributed by atoms with Gasteiger partial charge in [0.2, 0.25) is 0 Å². The molecule has 0 atom stereocenters. The standard InChI is InChI=1S/C11H12N2O2/c1-7-2-3-10-9(4-7)8(6-15-10)5-11(12)13-14/h2-4,6,14H,5H2,1H3,(H2,12,13). The zero-order chi connectivity index (χ0) is 10.8. The van der Waals surface area contributed by atoms with E-state index < -0.39 is 0 Å². The minimum atomic E-state index is 0.180. The van der Waals surface area contributed by atoms with E-state index in [1.54, 1.807) is 6.26 Å². The van der Waals surface area contributed by atoms with Gasteiger partial charge in [-0.3, -0.25) is 0 Å². The van der Waals surface area contributed by atoms with Crippen LogP contribution in [0.15, 0.2) is 34.0 Å². The van der Waals surface area contributed by atoms with Crippen LogP contribution in [0.3, 0.4) is 0 Å². The van der Waals surface area contributed by atoms with Crippen LogP contribution in [0.25, 0.3) is 11.0 Å². The molecule has 0 aliphatic heterocycles. The molecule has 1 aromatic heterocycles. The monoisotopic (exact) mass is 204 g/mol. The number of nitrogens with two attached hydrogens (primary N) is 1. The quantitative estimate of drug-likeness (QED) is 0.340. The maximum atomic E-state index is 8.49. The molecule has 0 fully saturated rings. The fourth-order valence-corrected chi connectivity index (χ4v) is 1.56. The van der Waals surface area contributed by atoms with E-state index in [0.717, 1.165) is 22.1 Å². The van der Waals surface area contributed by atoms with Crippen LogP contribution >= 0.6 is 0 Å². The highest BCUT2D eigenvalue weighted by atomic mass is 16.4. The van der Waals surface area contributed by atoms with Gasteiger partial charge in [-0.2, -0.15) is 0 Å². The predicted octanol–water partition coefficient (Wildman–Crippen LogP) is 2.03. The number of benzene rings is 1. The van der Waals surface area contributed by atoms with Crippen LogP contribution in [0.5, 0.6) is 0 Å². The second-order valence-electron chi connectivity index (χ2n) is 3.53. The van der Waals surface area contributed by atoms with Gasteiger partial charge in [-0.05, 0) is 19.1 Å². The van der Waals surface area contributed by atoms with Crippen molar-refractivity contribution < 1.29 is 9.62 Å². The van der Waals surface area contributed by atoms with Gasteiger partial charge < -0.3 is 15.4 Å². The molecule has 2 aromatic rings. The van der Waals surface area contributed by atoms with Crippen molar-refractivity contribution in [3.8, 4) is 0 Å². The van der Waals surface area contributed by atoms with E-state index >= 15 is 0 Å². The Balaban J connectivity index is 2.48. The number of hydrogen-bond acceptors (Lipinski definition) is 3. The zero-order valence-corrected chi connectivity index (χ0v) is 8.40. The summed E-state index contributed by atoms with van der Waals surface area (Å²) in [7, 11) is 0. The molecule has 3 N–H and O–H groups in total. The van der Waals surface area contributed by atoms with Crippen molar-refractivity contribution in [3.05, 3.63) is 35.6 Å². The van der Waals surface area contributed by atoms with Gasteiger partial charge in [0.1, 0.15) is 11.4 Å². The molecule has 0 saturated carbocycles. The fourth-order valence-electron chi connectivity index (χ4n) is 1.56. The number of nitrogens with zero attached hydrogens (tertiary/aromatic N) is 1. The lowest BCUT2D eigenvalue weighted by atomic mass is 10.1.